The molecule has 0 saturated heterocycles. The standard InChI is InChI=1S/C8H10N6O2/c1-3-5-10-6(13-12-5)7(15)11-8-9-4(2)14-16-8/h3H2,1-2H3,(H,10,12,13)(H,9,11,14,15). The number of aromatic nitrogens is 5. The second-order valence-electron chi connectivity index (χ2n) is 3.06. The van der Waals surface area contributed by atoms with Crippen molar-refractivity contribution in [2.24, 2.45) is 0 Å². The van der Waals surface area contributed by atoms with Crippen LogP contribution in [0.25, 0.3) is 0 Å². The average Bonchev–Trinajstić information content (AvgIpc) is 2.87. The quantitative estimate of drug-likeness (QED) is 0.773. The highest BCUT2D eigenvalue weighted by molar-refractivity contribution is 6.00. The Balaban J connectivity index is 2.08. The smallest absolute Gasteiger partial charge is 0.315 e. The van der Waals surface area contributed by atoms with Gasteiger partial charge in [0.15, 0.2) is 5.82 Å². The molecule has 0 bridgehead atoms. The molecule has 8 heteroatoms. The molecule has 0 aliphatic carbocycles. The molecule has 1 amide bonds. The number of carbonyl (C=O) groups is 1. The zero-order valence-electron chi connectivity index (χ0n) is 8.81. The number of carbonyl (C=O) groups excluding carboxylic acids is 1. The predicted molar refractivity (Wildman–Crippen MR) is 52.7 cm³/mol. The fourth-order valence-corrected chi connectivity index (χ4v) is 1.06. The van der Waals surface area contributed by atoms with E-state index in [0.717, 1.165) is 0 Å². The zero-order chi connectivity index (χ0) is 11.5. The Labute approximate surface area is 90.5 Å². The Hall–Kier alpha value is -2.25. The number of aromatic amines is 1. The van der Waals surface area contributed by atoms with E-state index in [4.69, 9.17) is 4.52 Å². The number of H-pyrrole nitrogens is 1. The maximum absolute atomic E-state index is 11.6. The minimum atomic E-state index is -0.486. The number of amides is 1. The molecular formula is C8H10N6O2. The van der Waals surface area contributed by atoms with Crippen LogP contribution in [0.2, 0.25) is 0 Å². The van der Waals surface area contributed by atoms with Gasteiger partial charge >= 0.3 is 6.01 Å². The van der Waals surface area contributed by atoms with Crippen molar-refractivity contribution in [3.8, 4) is 0 Å². The van der Waals surface area contributed by atoms with Gasteiger partial charge in [0, 0.05) is 6.42 Å². The second-order valence-corrected chi connectivity index (χ2v) is 3.06. The number of anilines is 1. The summed E-state index contributed by atoms with van der Waals surface area (Å²) in [6, 6.07) is 0.0327. The van der Waals surface area contributed by atoms with E-state index in [1.165, 1.54) is 0 Å². The third kappa shape index (κ3) is 2.05. The highest BCUT2D eigenvalue weighted by Crippen LogP contribution is 2.04. The summed E-state index contributed by atoms with van der Waals surface area (Å²) in [4.78, 5) is 19.4. The Bertz CT molecular complexity index is 502. The fourth-order valence-electron chi connectivity index (χ4n) is 1.06. The highest BCUT2D eigenvalue weighted by atomic mass is 16.5. The number of hydrogen-bond acceptors (Lipinski definition) is 6. The van der Waals surface area contributed by atoms with Crippen LogP contribution in [0.15, 0.2) is 4.52 Å². The Morgan fingerprint density at radius 3 is 2.88 bits per heavy atom. The number of rotatable bonds is 3. The summed E-state index contributed by atoms with van der Waals surface area (Å²) in [5.74, 6) is 0.652. The largest absolute Gasteiger partial charge is 0.328 e. The second kappa shape index (κ2) is 4.09. The van der Waals surface area contributed by atoms with Crippen LogP contribution in [-0.2, 0) is 6.42 Å². The van der Waals surface area contributed by atoms with Gasteiger partial charge in [0.2, 0.25) is 5.82 Å². The summed E-state index contributed by atoms with van der Waals surface area (Å²) in [6.07, 6.45) is 0.681. The van der Waals surface area contributed by atoms with E-state index in [1.54, 1.807) is 6.92 Å². The van der Waals surface area contributed by atoms with E-state index in [9.17, 15) is 4.79 Å². The molecule has 2 aromatic heterocycles. The Kier molecular flexibility index (Phi) is 2.63. The normalized spacial score (nSPS) is 10.4. The molecule has 2 N–H and O–H groups in total. The van der Waals surface area contributed by atoms with E-state index in [-0.39, 0.29) is 11.8 Å². The molecule has 84 valence electrons. The zero-order valence-corrected chi connectivity index (χ0v) is 8.81. The minimum Gasteiger partial charge on any atom is -0.315 e. The highest BCUT2D eigenvalue weighted by Gasteiger charge is 2.14. The lowest BCUT2D eigenvalue weighted by Crippen LogP contribution is -2.14. The molecule has 0 spiro atoms. The predicted octanol–water partition coefficient (Wildman–Crippen LogP) is 0.311. The van der Waals surface area contributed by atoms with Crippen molar-refractivity contribution in [3.05, 3.63) is 17.5 Å². The molecule has 8 nitrogen and oxygen atoms in total. The van der Waals surface area contributed by atoms with Gasteiger partial charge in [-0.25, -0.2) is 4.98 Å². The summed E-state index contributed by atoms with van der Waals surface area (Å²) in [5.41, 5.74) is 0. The van der Waals surface area contributed by atoms with Gasteiger partial charge in [-0.3, -0.25) is 15.2 Å². The molecule has 0 aliphatic rings. The lowest BCUT2D eigenvalue weighted by Gasteiger charge is -1.93. The van der Waals surface area contributed by atoms with Gasteiger partial charge < -0.3 is 4.52 Å². The number of hydrogen-bond donors (Lipinski definition) is 2. The summed E-state index contributed by atoms with van der Waals surface area (Å²) < 4.78 is 4.73. The van der Waals surface area contributed by atoms with E-state index < -0.39 is 5.91 Å². The van der Waals surface area contributed by atoms with Crippen LogP contribution in [0.4, 0.5) is 6.01 Å². The molecule has 0 saturated carbocycles. The van der Waals surface area contributed by atoms with E-state index in [1.807, 2.05) is 6.92 Å². The number of aryl methyl sites for hydroxylation is 2. The lowest BCUT2D eigenvalue weighted by atomic mass is 10.5. The summed E-state index contributed by atoms with van der Waals surface area (Å²) in [7, 11) is 0. The third-order valence-corrected chi connectivity index (χ3v) is 1.82. The van der Waals surface area contributed by atoms with Crippen molar-refractivity contribution in [1.29, 1.82) is 0 Å². The fraction of sp³-hybridized carbons (Fsp3) is 0.375. The molecule has 2 aromatic rings. The maximum atomic E-state index is 11.6. The average molecular weight is 222 g/mol. The third-order valence-electron chi connectivity index (χ3n) is 1.82. The van der Waals surface area contributed by atoms with Gasteiger partial charge in [0.25, 0.3) is 5.91 Å². The van der Waals surface area contributed by atoms with Crippen molar-refractivity contribution in [1.82, 2.24) is 25.3 Å². The molecule has 0 atom stereocenters. The van der Waals surface area contributed by atoms with Crippen molar-refractivity contribution in [2.75, 3.05) is 5.32 Å². The molecule has 0 radical (unpaired) electrons. The van der Waals surface area contributed by atoms with Crippen molar-refractivity contribution < 1.29 is 9.32 Å². The summed E-state index contributed by atoms with van der Waals surface area (Å²) in [5, 5.41) is 12.3. The van der Waals surface area contributed by atoms with E-state index >= 15 is 0 Å². The molecule has 0 unspecified atom stereocenters. The van der Waals surface area contributed by atoms with Crippen molar-refractivity contribution in [2.45, 2.75) is 20.3 Å². The molecule has 0 aromatic carbocycles. The Morgan fingerprint density at radius 2 is 2.31 bits per heavy atom. The van der Waals surface area contributed by atoms with Crippen LogP contribution in [-0.4, -0.2) is 31.2 Å². The van der Waals surface area contributed by atoms with Crippen LogP contribution in [0.3, 0.4) is 0 Å². The number of nitrogens with zero attached hydrogens (tertiary/aromatic N) is 4. The van der Waals surface area contributed by atoms with Crippen LogP contribution >= 0.6 is 0 Å². The van der Waals surface area contributed by atoms with E-state index in [0.29, 0.717) is 18.1 Å². The topological polar surface area (TPSA) is 110 Å². The maximum Gasteiger partial charge on any atom is 0.328 e. The monoisotopic (exact) mass is 222 g/mol. The molecule has 0 aliphatic heterocycles. The van der Waals surface area contributed by atoms with Gasteiger partial charge in [-0.15, -0.1) is 5.10 Å². The molecule has 16 heavy (non-hydrogen) atoms. The summed E-state index contributed by atoms with van der Waals surface area (Å²) >= 11 is 0. The first kappa shape index (κ1) is 10.3. The van der Waals surface area contributed by atoms with Crippen LogP contribution < -0.4 is 5.32 Å². The first-order valence-corrected chi connectivity index (χ1v) is 4.72. The van der Waals surface area contributed by atoms with Gasteiger partial charge in [0.05, 0.1) is 0 Å². The molecule has 2 heterocycles. The van der Waals surface area contributed by atoms with Gasteiger partial charge in [-0.05, 0) is 6.92 Å². The van der Waals surface area contributed by atoms with Gasteiger partial charge in [-0.2, -0.15) is 4.98 Å². The van der Waals surface area contributed by atoms with Crippen molar-refractivity contribution in [3.63, 3.8) is 0 Å². The lowest BCUT2D eigenvalue weighted by molar-refractivity contribution is 0.101. The SMILES string of the molecule is CCc1nc(C(=O)Nc2nc(C)no2)n[nH]1. The van der Waals surface area contributed by atoms with E-state index in [2.05, 4.69) is 30.6 Å². The first-order valence-electron chi connectivity index (χ1n) is 4.72. The minimum absolute atomic E-state index is 0.0327. The summed E-state index contributed by atoms with van der Waals surface area (Å²) in [6.45, 7) is 3.56. The van der Waals surface area contributed by atoms with Crippen LogP contribution in [0, 0.1) is 6.92 Å². The molecule has 2 rings (SSSR count). The van der Waals surface area contributed by atoms with Gasteiger partial charge in [0.1, 0.15) is 5.82 Å². The van der Waals surface area contributed by atoms with Crippen LogP contribution in [0.1, 0.15) is 29.2 Å². The molecular weight excluding hydrogens is 212 g/mol. The van der Waals surface area contributed by atoms with Gasteiger partial charge in [-0.1, -0.05) is 12.1 Å². The van der Waals surface area contributed by atoms with Crippen molar-refractivity contribution >= 4 is 11.9 Å². The number of nitrogens with one attached hydrogen (secondary N) is 2. The van der Waals surface area contributed by atoms with Crippen LogP contribution in [0.5, 0.6) is 0 Å². The molecule has 0 fully saturated rings. The Morgan fingerprint density at radius 1 is 1.50 bits per heavy atom. The first-order chi connectivity index (χ1) is 7.69.